The van der Waals surface area contributed by atoms with Crippen molar-refractivity contribution in [2.75, 3.05) is 6.61 Å². The highest BCUT2D eigenvalue weighted by Gasteiger charge is 2.62. The molecule has 0 spiro atoms. The minimum absolute atomic E-state index is 0.0642. The number of fused-ring (bicyclic) bond motifs is 5. The van der Waals surface area contributed by atoms with Gasteiger partial charge in [-0.3, -0.25) is 4.79 Å². The van der Waals surface area contributed by atoms with E-state index >= 15 is 0 Å². The fourth-order valence-corrected chi connectivity index (χ4v) is 8.61. The molecule has 0 aromatic rings. The van der Waals surface area contributed by atoms with Crippen LogP contribution in [0.2, 0.25) is 0 Å². The molecular formula is C27H44O4. The summed E-state index contributed by atoms with van der Waals surface area (Å²) < 4.78 is 0. The molecule has 0 radical (unpaired) electrons. The molecule has 176 valence electrons. The number of rotatable bonds is 6. The molecule has 4 nitrogen and oxygen atoms in total. The Morgan fingerprint density at radius 2 is 1.84 bits per heavy atom. The van der Waals surface area contributed by atoms with E-state index in [1.54, 1.807) is 0 Å². The zero-order valence-electron chi connectivity index (χ0n) is 20.0. The molecule has 0 heterocycles. The Labute approximate surface area is 188 Å². The lowest BCUT2D eigenvalue weighted by molar-refractivity contribution is -0.118. The second kappa shape index (κ2) is 8.57. The maximum absolute atomic E-state index is 12.0. The van der Waals surface area contributed by atoms with E-state index in [0.29, 0.717) is 36.4 Å². The normalized spacial score (nSPS) is 45.2. The summed E-state index contributed by atoms with van der Waals surface area (Å²) >= 11 is 0. The molecule has 3 fully saturated rings. The number of hydrogen-bond donors (Lipinski definition) is 3. The van der Waals surface area contributed by atoms with Crippen molar-refractivity contribution >= 4 is 5.78 Å². The van der Waals surface area contributed by atoms with E-state index in [1.807, 2.05) is 13.0 Å². The summed E-state index contributed by atoms with van der Waals surface area (Å²) in [4.78, 5) is 12.0. The first-order valence-corrected chi connectivity index (χ1v) is 12.8. The quantitative estimate of drug-likeness (QED) is 0.577. The minimum atomic E-state index is -0.426. The third kappa shape index (κ3) is 3.85. The van der Waals surface area contributed by atoms with Crippen molar-refractivity contribution < 1.29 is 20.1 Å². The molecule has 3 unspecified atom stereocenters. The molecule has 0 aliphatic heterocycles. The Balaban J connectivity index is 1.53. The Bertz CT molecular complexity index is 716. The molecule has 0 bridgehead atoms. The minimum Gasteiger partial charge on any atom is -0.396 e. The molecular weight excluding hydrogens is 388 g/mol. The molecule has 31 heavy (non-hydrogen) atoms. The molecule has 0 amide bonds. The van der Waals surface area contributed by atoms with Gasteiger partial charge in [-0.2, -0.15) is 0 Å². The number of carbonyl (C=O) groups excluding carboxylic acids is 1. The van der Waals surface area contributed by atoms with Crippen LogP contribution in [0.4, 0.5) is 0 Å². The lowest BCUT2D eigenvalue weighted by Gasteiger charge is -2.58. The first kappa shape index (κ1) is 23.4. The van der Waals surface area contributed by atoms with Gasteiger partial charge in [0.2, 0.25) is 0 Å². The van der Waals surface area contributed by atoms with Crippen molar-refractivity contribution in [3.8, 4) is 0 Å². The standard InChI is InChI=1S/C27H44O4/c1-16(15-28)5-8-23(30)17(2)25-24(31)14-22-20-7-6-18-13-19(29)9-11-26(18,3)21(20)10-12-27(22,25)4/h13,16-17,20-25,28,30-31H,5-12,14-15H2,1-4H3/t16-,17+,20?,21?,22?,23+,24-,25-,26-,27-/m0/s1. The van der Waals surface area contributed by atoms with E-state index in [1.165, 1.54) is 12.0 Å². The van der Waals surface area contributed by atoms with Crippen LogP contribution in [0.25, 0.3) is 0 Å². The summed E-state index contributed by atoms with van der Waals surface area (Å²) in [5, 5.41) is 31.5. The summed E-state index contributed by atoms with van der Waals surface area (Å²) in [5.41, 5.74) is 1.63. The van der Waals surface area contributed by atoms with E-state index in [9.17, 15) is 20.1 Å². The predicted molar refractivity (Wildman–Crippen MR) is 122 cm³/mol. The van der Waals surface area contributed by atoms with Crippen LogP contribution in [0.3, 0.4) is 0 Å². The fourth-order valence-electron chi connectivity index (χ4n) is 8.61. The summed E-state index contributed by atoms with van der Waals surface area (Å²) in [6.07, 6.45) is 9.72. The van der Waals surface area contributed by atoms with Crippen molar-refractivity contribution in [1.82, 2.24) is 0 Å². The monoisotopic (exact) mass is 432 g/mol. The Hall–Kier alpha value is -0.710. The van der Waals surface area contributed by atoms with Crippen LogP contribution in [0.1, 0.15) is 85.5 Å². The Kier molecular flexibility index (Phi) is 6.48. The number of aliphatic hydroxyl groups excluding tert-OH is 3. The third-order valence-corrected chi connectivity index (χ3v) is 10.5. The number of carbonyl (C=O) groups is 1. The van der Waals surface area contributed by atoms with E-state index in [2.05, 4.69) is 20.8 Å². The highest BCUT2D eigenvalue weighted by atomic mass is 16.3. The summed E-state index contributed by atoms with van der Waals surface area (Å²) in [5.74, 6) is 2.46. The summed E-state index contributed by atoms with van der Waals surface area (Å²) in [6, 6.07) is 0. The molecule has 0 aromatic carbocycles. The van der Waals surface area contributed by atoms with Crippen LogP contribution in [0.5, 0.6) is 0 Å². The van der Waals surface area contributed by atoms with Crippen LogP contribution < -0.4 is 0 Å². The molecule has 4 aliphatic rings. The van der Waals surface area contributed by atoms with Crippen LogP contribution in [0.15, 0.2) is 11.6 Å². The number of hydrogen-bond acceptors (Lipinski definition) is 4. The van der Waals surface area contributed by atoms with E-state index in [-0.39, 0.29) is 41.3 Å². The van der Waals surface area contributed by atoms with Gasteiger partial charge in [-0.15, -0.1) is 0 Å². The van der Waals surface area contributed by atoms with Crippen molar-refractivity contribution in [2.24, 2.45) is 46.3 Å². The Morgan fingerprint density at radius 1 is 1.10 bits per heavy atom. The molecule has 0 aromatic heterocycles. The zero-order valence-corrected chi connectivity index (χ0v) is 20.0. The number of allylic oxidation sites excluding steroid dienone is 1. The second-order valence-corrected chi connectivity index (χ2v) is 12.1. The smallest absolute Gasteiger partial charge is 0.155 e. The first-order chi connectivity index (χ1) is 14.6. The lowest BCUT2D eigenvalue weighted by Crippen LogP contribution is -2.51. The zero-order chi connectivity index (χ0) is 22.6. The van der Waals surface area contributed by atoms with Gasteiger partial charge < -0.3 is 15.3 Å². The first-order valence-electron chi connectivity index (χ1n) is 12.8. The lowest BCUT2D eigenvalue weighted by atomic mass is 9.46. The van der Waals surface area contributed by atoms with Gasteiger partial charge in [-0.1, -0.05) is 33.3 Å². The van der Waals surface area contributed by atoms with Crippen molar-refractivity contribution in [3.63, 3.8) is 0 Å². The summed E-state index contributed by atoms with van der Waals surface area (Å²) in [6.45, 7) is 9.12. The van der Waals surface area contributed by atoms with Crippen LogP contribution in [0, 0.1) is 46.3 Å². The van der Waals surface area contributed by atoms with Crippen LogP contribution in [-0.2, 0) is 4.79 Å². The predicted octanol–water partition coefficient (Wildman–Crippen LogP) is 4.51. The molecule has 4 aliphatic carbocycles. The molecule has 0 saturated heterocycles. The third-order valence-electron chi connectivity index (χ3n) is 10.5. The van der Waals surface area contributed by atoms with E-state index < -0.39 is 6.10 Å². The van der Waals surface area contributed by atoms with E-state index in [4.69, 9.17) is 0 Å². The van der Waals surface area contributed by atoms with Gasteiger partial charge in [0, 0.05) is 13.0 Å². The molecule has 4 rings (SSSR count). The maximum atomic E-state index is 12.0. The fraction of sp³-hybridized carbons (Fsp3) is 0.889. The molecule has 4 heteroatoms. The largest absolute Gasteiger partial charge is 0.396 e. The van der Waals surface area contributed by atoms with Gasteiger partial charge in [0.25, 0.3) is 0 Å². The van der Waals surface area contributed by atoms with Crippen LogP contribution in [-0.4, -0.2) is 39.9 Å². The van der Waals surface area contributed by atoms with Gasteiger partial charge >= 0.3 is 0 Å². The van der Waals surface area contributed by atoms with Crippen LogP contribution >= 0.6 is 0 Å². The molecule has 3 saturated carbocycles. The SMILES string of the molecule is C[C@H](CO)CC[C@@H](O)[C@@H](C)[C@H]1[C@@H](O)CC2C3CCC4=CC(=O)CC[C@]4(C)C3CC[C@@]21C. The van der Waals surface area contributed by atoms with Crippen molar-refractivity contribution in [2.45, 2.75) is 97.7 Å². The summed E-state index contributed by atoms with van der Waals surface area (Å²) in [7, 11) is 0. The number of aliphatic hydroxyl groups is 3. The maximum Gasteiger partial charge on any atom is 0.155 e. The van der Waals surface area contributed by atoms with Gasteiger partial charge in [-0.25, -0.2) is 0 Å². The van der Waals surface area contributed by atoms with E-state index in [0.717, 1.165) is 38.5 Å². The topological polar surface area (TPSA) is 77.8 Å². The number of ketones is 1. The van der Waals surface area contributed by atoms with Crippen molar-refractivity contribution in [3.05, 3.63) is 11.6 Å². The second-order valence-electron chi connectivity index (χ2n) is 12.1. The average molecular weight is 433 g/mol. The van der Waals surface area contributed by atoms with Crippen molar-refractivity contribution in [1.29, 1.82) is 0 Å². The van der Waals surface area contributed by atoms with Gasteiger partial charge in [0.05, 0.1) is 12.2 Å². The van der Waals surface area contributed by atoms with Gasteiger partial charge in [-0.05, 0) is 104 Å². The highest BCUT2D eigenvalue weighted by molar-refractivity contribution is 5.91. The van der Waals surface area contributed by atoms with Gasteiger partial charge in [0.1, 0.15) is 0 Å². The van der Waals surface area contributed by atoms with Gasteiger partial charge in [0.15, 0.2) is 5.78 Å². The molecule has 10 atom stereocenters. The highest BCUT2D eigenvalue weighted by Crippen LogP contribution is 2.67. The average Bonchev–Trinajstić information content (AvgIpc) is 3.01. The Morgan fingerprint density at radius 3 is 2.55 bits per heavy atom. The molecule has 3 N–H and O–H groups in total.